The molecule has 3 unspecified atom stereocenters. The minimum atomic E-state index is -0.0623. The third kappa shape index (κ3) is 2.67. The molecule has 1 aromatic rings. The Morgan fingerprint density at radius 3 is 2.57 bits per heavy atom. The Morgan fingerprint density at radius 2 is 2.00 bits per heavy atom. The van der Waals surface area contributed by atoms with E-state index in [1.807, 2.05) is 13.1 Å². The van der Waals surface area contributed by atoms with Crippen molar-refractivity contribution in [3.63, 3.8) is 0 Å². The number of nitrogens with zero attached hydrogens (tertiary/aromatic N) is 2. The molecule has 4 rings (SSSR count). The standard InChI is InChI=1S/C19H27N3O/c1-13-3-4-15(12-20-13)7-8-22-16-5-6-17(22)11-19(10-16)9-14(2)21-18(19)23/h3-4,12,14,16-17H,5-11H2,1-2H3,(H,21,23). The number of hydrogen-bond acceptors (Lipinski definition) is 3. The van der Waals surface area contributed by atoms with Crippen LogP contribution in [0.15, 0.2) is 18.3 Å². The van der Waals surface area contributed by atoms with Crippen LogP contribution in [0.5, 0.6) is 0 Å². The average molecular weight is 313 g/mol. The van der Waals surface area contributed by atoms with Crippen LogP contribution < -0.4 is 5.32 Å². The lowest BCUT2D eigenvalue weighted by Crippen LogP contribution is -2.50. The fourth-order valence-electron chi connectivity index (χ4n) is 5.17. The maximum Gasteiger partial charge on any atom is 0.226 e. The van der Waals surface area contributed by atoms with E-state index in [4.69, 9.17) is 0 Å². The third-order valence-electron chi connectivity index (χ3n) is 6.21. The minimum Gasteiger partial charge on any atom is -0.353 e. The Bertz CT molecular complexity index is 583. The van der Waals surface area contributed by atoms with Crippen molar-refractivity contribution < 1.29 is 4.79 Å². The molecule has 4 heteroatoms. The number of aryl methyl sites for hydroxylation is 1. The summed E-state index contributed by atoms with van der Waals surface area (Å²) in [4.78, 5) is 19.5. The third-order valence-corrected chi connectivity index (χ3v) is 6.21. The SMILES string of the molecule is Cc1ccc(CCN2C3CCC2CC2(CC(C)NC2=O)C3)cn1. The Balaban J connectivity index is 1.43. The van der Waals surface area contributed by atoms with Crippen LogP contribution in [-0.4, -0.2) is 40.5 Å². The molecule has 4 heterocycles. The zero-order valence-corrected chi connectivity index (χ0v) is 14.2. The van der Waals surface area contributed by atoms with Gasteiger partial charge in [-0.25, -0.2) is 0 Å². The summed E-state index contributed by atoms with van der Waals surface area (Å²) in [5.74, 6) is 0.323. The van der Waals surface area contributed by atoms with Crippen molar-refractivity contribution in [2.45, 2.75) is 70.5 Å². The number of rotatable bonds is 3. The largest absolute Gasteiger partial charge is 0.353 e. The van der Waals surface area contributed by atoms with E-state index < -0.39 is 0 Å². The number of piperidine rings is 1. The Hall–Kier alpha value is -1.42. The molecule has 1 amide bonds. The van der Waals surface area contributed by atoms with Gasteiger partial charge in [0.25, 0.3) is 0 Å². The van der Waals surface area contributed by atoms with Crippen LogP contribution in [-0.2, 0) is 11.2 Å². The second-order valence-electron chi connectivity index (χ2n) is 7.95. The molecular weight excluding hydrogens is 286 g/mol. The van der Waals surface area contributed by atoms with E-state index in [0.29, 0.717) is 24.0 Å². The number of carbonyl (C=O) groups is 1. The summed E-state index contributed by atoms with van der Waals surface area (Å²) in [5, 5.41) is 3.16. The molecule has 3 aliphatic rings. The van der Waals surface area contributed by atoms with Gasteiger partial charge in [0.15, 0.2) is 0 Å². The lowest BCUT2D eigenvalue weighted by Gasteiger charge is -2.43. The minimum absolute atomic E-state index is 0.0623. The van der Waals surface area contributed by atoms with E-state index in [1.54, 1.807) is 0 Å². The molecule has 3 aliphatic heterocycles. The fourth-order valence-corrected chi connectivity index (χ4v) is 5.17. The van der Waals surface area contributed by atoms with E-state index in [9.17, 15) is 4.79 Å². The van der Waals surface area contributed by atoms with E-state index in [1.165, 1.54) is 18.4 Å². The molecule has 0 aromatic carbocycles. The van der Waals surface area contributed by atoms with Crippen molar-refractivity contribution in [2.75, 3.05) is 6.54 Å². The molecule has 0 radical (unpaired) electrons. The normalized spacial score (nSPS) is 36.6. The van der Waals surface area contributed by atoms with Gasteiger partial charge < -0.3 is 5.32 Å². The van der Waals surface area contributed by atoms with Crippen LogP contribution in [0.4, 0.5) is 0 Å². The van der Waals surface area contributed by atoms with Crippen LogP contribution in [0.2, 0.25) is 0 Å². The van der Waals surface area contributed by atoms with Gasteiger partial charge >= 0.3 is 0 Å². The molecule has 2 bridgehead atoms. The summed E-state index contributed by atoms with van der Waals surface area (Å²) in [5.41, 5.74) is 2.34. The predicted octanol–water partition coefficient (Wildman–Crippen LogP) is 2.45. The zero-order chi connectivity index (χ0) is 16.0. The molecule has 0 saturated carbocycles. The molecule has 124 valence electrons. The van der Waals surface area contributed by atoms with Crippen molar-refractivity contribution in [1.82, 2.24) is 15.2 Å². The molecule has 3 atom stereocenters. The molecule has 3 fully saturated rings. The second kappa shape index (κ2) is 5.59. The lowest BCUT2D eigenvalue weighted by molar-refractivity contribution is -0.131. The maximum absolute atomic E-state index is 12.5. The monoisotopic (exact) mass is 313 g/mol. The highest BCUT2D eigenvalue weighted by atomic mass is 16.2. The molecule has 23 heavy (non-hydrogen) atoms. The number of nitrogens with one attached hydrogen (secondary N) is 1. The van der Waals surface area contributed by atoms with Crippen molar-refractivity contribution in [3.05, 3.63) is 29.6 Å². The van der Waals surface area contributed by atoms with Crippen molar-refractivity contribution in [3.8, 4) is 0 Å². The molecule has 1 aromatic heterocycles. The van der Waals surface area contributed by atoms with Gasteiger partial charge in [-0.3, -0.25) is 14.7 Å². The summed E-state index contributed by atoms with van der Waals surface area (Å²) < 4.78 is 0. The zero-order valence-electron chi connectivity index (χ0n) is 14.2. The molecule has 1 N–H and O–H groups in total. The Kier molecular flexibility index (Phi) is 3.67. The van der Waals surface area contributed by atoms with Crippen molar-refractivity contribution >= 4 is 5.91 Å². The lowest BCUT2D eigenvalue weighted by atomic mass is 9.73. The van der Waals surface area contributed by atoms with Gasteiger partial charge in [0.1, 0.15) is 0 Å². The number of carbonyl (C=O) groups excluding carboxylic acids is 1. The highest BCUT2D eigenvalue weighted by molar-refractivity contribution is 5.85. The van der Waals surface area contributed by atoms with E-state index in [0.717, 1.165) is 37.9 Å². The molecule has 3 saturated heterocycles. The number of pyridine rings is 1. The van der Waals surface area contributed by atoms with Crippen LogP contribution in [0, 0.1) is 12.3 Å². The van der Waals surface area contributed by atoms with Crippen LogP contribution in [0.1, 0.15) is 50.3 Å². The first-order valence-corrected chi connectivity index (χ1v) is 9.04. The average Bonchev–Trinajstić information content (AvgIpc) is 2.92. The maximum atomic E-state index is 12.5. The predicted molar refractivity (Wildman–Crippen MR) is 90.1 cm³/mol. The smallest absolute Gasteiger partial charge is 0.226 e. The highest BCUT2D eigenvalue weighted by Gasteiger charge is 2.54. The van der Waals surface area contributed by atoms with E-state index in [-0.39, 0.29) is 5.41 Å². The summed E-state index contributed by atoms with van der Waals surface area (Å²) in [6.45, 7) is 5.28. The number of amides is 1. The topological polar surface area (TPSA) is 45.2 Å². The van der Waals surface area contributed by atoms with Gasteiger partial charge in [0.2, 0.25) is 5.91 Å². The first-order valence-electron chi connectivity index (χ1n) is 9.04. The van der Waals surface area contributed by atoms with Gasteiger partial charge in [-0.2, -0.15) is 0 Å². The molecule has 0 aliphatic carbocycles. The second-order valence-corrected chi connectivity index (χ2v) is 7.95. The van der Waals surface area contributed by atoms with Gasteiger partial charge in [0.05, 0.1) is 5.41 Å². The first-order chi connectivity index (χ1) is 11.1. The summed E-state index contributed by atoms with van der Waals surface area (Å²) in [6, 6.07) is 5.85. The van der Waals surface area contributed by atoms with Crippen LogP contribution in [0.3, 0.4) is 0 Å². The summed E-state index contributed by atoms with van der Waals surface area (Å²) in [6.07, 6.45) is 8.76. The highest BCUT2D eigenvalue weighted by Crippen LogP contribution is 2.50. The van der Waals surface area contributed by atoms with Gasteiger partial charge in [0, 0.05) is 36.6 Å². The van der Waals surface area contributed by atoms with Gasteiger partial charge in [-0.15, -0.1) is 0 Å². The molecular formula is C19H27N3O. The van der Waals surface area contributed by atoms with Crippen molar-refractivity contribution in [2.24, 2.45) is 5.41 Å². The number of aromatic nitrogens is 1. The van der Waals surface area contributed by atoms with Crippen LogP contribution in [0.25, 0.3) is 0 Å². The van der Waals surface area contributed by atoms with Crippen LogP contribution >= 0.6 is 0 Å². The van der Waals surface area contributed by atoms with Crippen molar-refractivity contribution in [1.29, 1.82) is 0 Å². The summed E-state index contributed by atoms with van der Waals surface area (Å²) >= 11 is 0. The summed E-state index contributed by atoms with van der Waals surface area (Å²) in [7, 11) is 0. The molecule has 4 nitrogen and oxygen atoms in total. The Labute approximate surface area is 138 Å². The number of hydrogen-bond donors (Lipinski definition) is 1. The molecule has 1 spiro atoms. The quantitative estimate of drug-likeness (QED) is 0.932. The van der Waals surface area contributed by atoms with Gasteiger partial charge in [-0.1, -0.05) is 6.07 Å². The fraction of sp³-hybridized carbons (Fsp3) is 0.684. The van der Waals surface area contributed by atoms with E-state index >= 15 is 0 Å². The Morgan fingerprint density at radius 1 is 1.26 bits per heavy atom. The van der Waals surface area contributed by atoms with E-state index in [2.05, 4.69) is 34.3 Å². The number of fused-ring (bicyclic) bond motifs is 2. The first kappa shape index (κ1) is 15.1. The van der Waals surface area contributed by atoms with Gasteiger partial charge in [-0.05, 0) is 64.0 Å².